The van der Waals surface area contributed by atoms with Gasteiger partial charge in [-0.05, 0) is 102 Å². The van der Waals surface area contributed by atoms with Gasteiger partial charge in [0.25, 0.3) is 0 Å². The van der Waals surface area contributed by atoms with E-state index in [2.05, 4.69) is 82.8 Å². The number of rotatable bonds is 4. The van der Waals surface area contributed by atoms with Gasteiger partial charge >= 0.3 is 0 Å². The number of aliphatic imine (C=N–C) groups is 1. The highest BCUT2D eigenvalue weighted by atomic mass is 32.1. The quantitative estimate of drug-likeness (QED) is 0.216. The zero-order chi connectivity index (χ0) is 23.3. The normalized spacial score (nSPS) is 15.0. The number of isothiocyanates is 1. The van der Waals surface area contributed by atoms with E-state index in [0.29, 0.717) is 0 Å². The van der Waals surface area contributed by atoms with Crippen LogP contribution in [-0.2, 0) is 12.8 Å². The number of aryl methyl sites for hydroxylation is 1. The van der Waals surface area contributed by atoms with E-state index in [-0.39, 0.29) is 11.5 Å². The van der Waals surface area contributed by atoms with Gasteiger partial charge in [-0.3, -0.25) is 0 Å². The van der Waals surface area contributed by atoms with Crippen molar-refractivity contribution in [1.82, 2.24) is 0 Å². The Balaban J connectivity index is 1.29. The molecular formula is C31H26FNS. The molecule has 1 fully saturated rings. The molecule has 0 radical (unpaired) electrons. The predicted molar refractivity (Wildman–Crippen MR) is 142 cm³/mol. The number of allylic oxidation sites excluding steroid dienone is 1. The van der Waals surface area contributed by atoms with Crippen LogP contribution in [0.25, 0.3) is 11.6 Å². The summed E-state index contributed by atoms with van der Waals surface area (Å²) in [6.07, 6.45) is 10.7. The topological polar surface area (TPSA) is 12.4 Å². The summed E-state index contributed by atoms with van der Waals surface area (Å²) in [7, 11) is 0. The maximum Gasteiger partial charge on any atom is 0.150 e. The Bertz CT molecular complexity index is 1340. The minimum atomic E-state index is -0.376. The molecule has 0 N–H and O–H groups in total. The van der Waals surface area contributed by atoms with Gasteiger partial charge in [-0.15, -0.1) is 0 Å². The van der Waals surface area contributed by atoms with Crippen LogP contribution in [0.5, 0.6) is 0 Å². The first-order valence-corrected chi connectivity index (χ1v) is 12.4. The fourth-order valence-corrected chi connectivity index (χ4v) is 5.16. The third-order valence-corrected chi connectivity index (χ3v) is 7.02. The molecule has 0 bridgehead atoms. The molecule has 5 rings (SSSR count). The minimum Gasteiger partial charge on any atom is -0.205 e. The number of hydrogen-bond donors (Lipinski definition) is 0. The lowest BCUT2D eigenvalue weighted by Crippen LogP contribution is -2.00. The lowest BCUT2D eigenvalue weighted by Gasteiger charge is -2.17. The van der Waals surface area contributed by atoms with Crippen LogP contribution in [0.2, 0.25) is 0 Å². The lowest BCUT2D eigenvalue weighted by atomic mass is 9.88. The van der Waals surface area contributed by atoms with Crippen molar-refractivity contribution in [1.29, 1.82) is 0 Å². The van der Waals surface area contributed by atoms with E-state index < -0.39 is 0 Å². The Morgan fingerprint density at radius 3 is 2.41 bits per heavy atom. The SMILES string of the molecule is Fc1cc(C2=Cc3ccc(C#Cc4ccc(CC5CCCC5)cc4)cc3CC2)ccc1N=C=S. The van der Waals surface area contributed by atoms with Gasteiger partial charge in [0, 0.05) is 11.1 Å². The largest absolute Gasteiger partial charge is 0.205 e. The van der Waals surface area contributed by atoms with Gasteiger partial charge in [0.1, 0.15) is 11.5 Å². The van der Waals surface area contributed by atoms with Crippen molar-refractivity contribution in [2.45, 2.75) is 44.9 Å². The first kappa shape index (κ1) is 22.5. The van der Waals surface area contributed by atoms with Gasteiger partial charge in [-0.2, -0.15) is 4.99 Å². The monoisotopic (exact) mass is 463 g/mol. The van der Waals surface area contributed by atoms with Crippen LogP contribution in [0, 0.1) is 23.6 Å². The van der Waals surface area contributed by atoms with Crippen LogP contribution >= 0.6 is 12.2 Å². The average Bonchev–Trinajstić information content (AvgIpc) is 3.38. The molecule has 3 aromatic carbocycles. The Hall–Kier alpha value is -3.31. The van der Waals surface area contributed by atoms with Gasteiger partial charge in [-0.25, -0.2) is 4.39 Å². The van der Waals surface area contributed by atoms with Crippen LogP contribution in [0.3, 0.4) is 0 Å². The Morgan fingerprint density at radius 2 is 1.65 bits per heavy atom. The summed E-state index contributed by atoms with van der Waals surface area (Å²) in [5, 5.41) is 2.22. The maximum absolute atomic E-state index is 14.3. The van der Waals surface area contributed by atoms with E-state index in [9.17, 15) is 4.39 Å². The Morgan fingerprint density at radius 1 is 0.882 bits per heavy atom. The molecule has 0 heterocycles. The van der Waals surface area contributed by atoms with Crippen molar-refractivity contribution < 1.29 is 4.39 Å². The van der Waals surface area contributed by atoms with Gasteiger partial charge < -0.3 is 0 Å². The fourth-order valence-electron chi connectivity index (χ4n) is 5.06. The highest BCUT2D eigenvalue weighted by Crippen LogP contribution is 2.33. The second-order valence-corrected chi connectivity index (χ2v) is 9.44. The second kappa shape index (κ2) is 10.3. The van der Waals surface area contributed by atoms with Crippen LogP contribution in [0.1, 0.15) is 65.5 Å². The van der Waals surface area contributed by atoms with Gasteiger partial charge in [0.05, 0.1) is 5.16 Å². The molecule has 2 aliphatic rings. The minimum absolute atomic E-state index is 0.224. The molecule has 0 saturated heterocycles. The summed E-state index contributed by atoms with van der Waals surface area (Å²) in [4.78, 5) is 3.76. The van der Waals surface area contributed by atoms with E-state index in [1.165, 1.54) is 54.9 Å². The Kier molecular flexibility index (Phi) is 6.82. The summed E-state index contributed by atoms with van der Waals surface area (Å²) in [6.45, 7) is 0. The molecule has 34 heavy (non-hydrogen) atoms. The molecule has 0 atom stereocenters. The van der Waals surface area contributed by atoms with E-state index >= 15 is 0 Å². The van der Waals surface area contributed by atoms with Crippen LogP contribution in [0.4, 0.5) is 10.1 Å². The van der Waals surface area contributed by atoms with Gasteiger partial charge in [-0.1, -0.05) is 67.9 Å². The highest BCUT2D eigenvalue weighted by Gasteiger charge is 2.15. The maximum atomic E-state index is 14.3. The summed E-state index contributed by atoms with van der Waals surface area (Å²) in [5.74, 6) is 7.13. The Labute approximate surface area is 206 Å². The summed E-state index contributed by atoms with van der Waals surface area (Å²) >= 11 is 4.58. The molecule has 0 unspecified atom stereocenters. The first-order valence-electron chi connectivity index (χ1n) is 12.0. The molecule has 1 saturated carbocycles. The summed E-state index contributed by atoms with van der Waals surface area (Å²) in [6, 6.07) is 20.2. The lowest BCUT2D eigenvalue weighted by molar-refractivity contribution is 0.546. The highest BCUT2D eigenvalue weighted by molar-refractivity contribution is 7.78. The smallest absolute Gasteiger partial charge is 0.150 e. The molecule has 3 heteroatoms. The molecule has 0 spiro atoms. The van der Waals surface area contributed by atoms with Crippen molar-refractivity contribution in [3.8, 4) is 11.8 Å². The third-order valence-electron chi connectivity index (χ3n) is 6.93. The average molecular weight is 464 g/mol. The number of thiocarbonyl (C=S) groups is 1. The van der Waals surface area contributed by atoms with Crippen molar-refractivity contribution in [3.05, 3.63) is 99.9 Å². The van der Waals surface area contributed by atoms with Crippen LogP contribution in [0.15, 0.2) is 65.7 Å². The van der Waals surface area contributed by atoms with Crippen molar-refractivity contribution >= 4 is 34.7 Å². The molecule has 0 aromatic heterocycles. The fraction of sp³-hybridized carbons (Fsp3) is 0.258. The standard InChI is InChI=1S/C31H26FNS/c32-30-20-29(15-16-31(30)33-21-34)28-14-13-26-18-25(11-12-27(26)19-28)10-7-22-5-8-24(9-6-22)17-23-3-1-2-4-23/h5-6,8-9,11-12,15-16,18-20,23H,1-4,13-14,17H2. The zero-order valence-corrected chi connectivity index (χ0v) is 19.9. The number of nitrogens with zero attached hydrogens (tertiary/aromatic N) is 1. The van der Waals surface area contributed by atoms with Gasteiger partial charge in [0.2, 0.25) is 0 Å². The van der Waals surface area contributed by atoms with Crippen molar-refractivity contribution in [2.24, 2.45) is 10.9 Å². The summed E-state index contributed by atoms with van der Waals surface area (Å²) in [5.41, 5.74) is 8.19. The van der Waals surface area contributed by atoms with Gasteiger partial charge in [0.15, 0.2) is 0 Å². The second-order valence-electron chi connectivity index (χ2n) is 9.25. The third kappa shape index (κ3) is 5.26. The zero-order valence-electron chi connectivity index (χ0n) is 19.1. The van der Waals surface area contributed by atoms with E-state index in [1.54, 1.807) is 6.07 Å². The molecule has 0 amide bonds. The molecule has 2 aliphatic carbocycles. The van der Waals surface area contributed by atoms with E-state index in [0.717, 1.165) is 41.0 Å². The molecule has 168 valence electrons. The van der Waals surface area contributed by atoms with E-state index in [1.807, 2.05) is 6.07 Å². The van der Waals surface area contributed by atoms with Crippen LogP contribution in [-0.4, -0.2) is 5.16 Å². The van der Waals surface area contributed by atoms with Crippen LogP contribution < -0.4 is 0 Å². The van der Waals surface area contributed by atoms with E-state index in [4.69, 9.17) is 0 Å². The van der Waals surface area contributed by atoms with Crippen molar-refractivity contribution in [2.75, 3.05) is 0 Å². The summed E-state index contributed by atoms with van der Waals surface area (Å²) < 4.78 is 14.3. The number of hydrogen-bond acceptors (Lipinski definition) is 2. The molecular weight excluding hydrogens is 437 g/mol. The number of halogens is 1. The molecule has 0 aliphatic heterocycles. The molecule has 1 nitrogen and oxygen atoms in total. The number of benzene rings is 3. The van der Waals surface area contributed by atoms with Crippen molar-refractivity contribution in [3.63, 3.8) is 0 Å². The molecule has 3 aromatic rings. The predicted octanol–water partition coefficient (Wildman–Crippen LogP) is 8.18. The number of fused-ring (bicyclic) bond motifs is 1. The first-order chi connectivity index (χ1) is 16.7.